The van der Waals surface area contributed by atoms with Crippen molar-refractivity contribution < 1.29 is 9.53 Å². The summed E-state index contributed by atoms with van der Waals surface area (Å²) < 4.78 is 5.52. The van der Waals surface area contributed by atoms with Crippen molar-refractivity contribution in [3.8, 4) is 5.75 Å². The average molecular weight is 319 g/mol. The lowest BCUT2D eigenvalue weighted by Crippen LogP contribution is -2.36. The molecule has 1 unspecified atom stereocenters. The molecule has 0 aliphatic carbocycles. The van der Waals surface area contributed by atoms with Gasteiger partial charge in [0.1, 0.15) is 5.75 Å². The number of hydrogen-bond donors (Lipinski definition) is 2. The Morgan fingerprint density at radius 3 is 2.65 bits per heavy atom. The normalized spacial score (nSPS) is 12.0. The van der Waals surface area contributed by atoms with Crippen molar-refractivity contribution in [1.29, 1.82) is 0 Å². The number of halogens is 2. The van der Waals surface area contributed by atoms with Gasteiger partial charge in [-0.2, -0.15) is 0 Å². The third-order valence-corrected chi connectivity index (χ3v) is 3.53. The van der Waals surface area contributed by atoms with Gasteiger partial charge >= 0.3 is 0 Å². The molecule has 0 saturated carbocycles. The molecule has 112 valence electrons. The predicted octanol–water partition coefficient (Wildman–Crippen LogP) is 3.65. The number of nitrogens with two attached hydrogens (primary N) is 1. The highest BCUT2D eigenvalue weighted by molar-refractivity contribution is 6.42. The summed E-state index contributed by atoms with van der Waals surface area (Å²) in [6, 6.07) is 3.02. The number of nitrogen functional groups attached to an aromatic ring is 1. The number of carbonyl (C=O) groups is 1. The van der Waals surface area contributed by atoms with Crippen molar-refractivity contribution in [2.45, 2.75) is 39.2 Å². The third-order valence-electron chi connectivity index (χ3n) is 2.81. The summed E-state index contributed by atoms with van der Waals surface area (Å²) in [6.45, 7) is 4.43. The fraction of sp³-hybridized carbons (Fsp3) is 0.500. The van der Waals surface area contributed by atoms with Crippen LogP contribution < -0.4 is 15.8 Å². The highest BCUT2D eigenvalue weighted by atomic mass is 35.5. The molecule has 1 amide bonds. The van der Waals surface area contributed by atoms with Crippen LogP contribution in [0.2, 0.25) is 10.0 Å². The molecule has 0 aliphatic rings. The summed E-state index contributed by atoms with van der Waals surface area (Å²) >= 11 is 11.7. The van der Waals surface area contributed by atoms with E-state index in [-0.39, 0.29) is 5.91 Å². The monoisotopic (exact) mass is 318 g/mol. The van der Waals surface area contributed by atoms with Gasteiger partial charge in [0.25, 0.3) is 5.91 Å². The number of ether oxygens (including phenoxy) is 1. The summed E-state index contributed by atoms with van der Waals surface area (Å²) in [5.74, 6) is 0.183. The molecule has 3 N–H and O–H groups in total. The average Bonchev–Trinajstić information content (AvgIpc) is 2.40. The first kappa shape index (κ1) is 16.9. The topological polar surface area (TPSA) is 64.3 Å². The molecule has 0 heterocycles. The molecule has 1 aromatic rings. The van der Waals surface area contributed by atoms with Crippen LogP contribution in [-0.4, -0.2) is 18.6 Å². The number of benzene rings is 1. The molecule has 4 nitrogen and oxygen atoms in total. The number of hydrogen-bond acceptors (Lipinski definition) is 3. The molecule has 0 aliphatic heterocycles. The third kappa shape index (κ3) is 5.10. The molecule has 0 saturated heterocycles. The molecular formula is C14H20Cl2N2O2. The molecule has 1 rings (SSSR count). The zero-order chi connectivity index (χ0) is 15.1. The van der Waals surface area contributed by atoms with E-state index in [1.54, 1.807) is 6.92 Å². The van der Waals surface area contributed by atoms with Crippen LogP contribution in [-0.2, 0) is 4.79 Å². The van der Waals surface area contributed by atoms with Crippen LogP contribution in [0.3, 0.4) is 0 Å². The van der Waals surface area contributed by atoms with E-state index >= 15 is 0 Å². The fourth-order valence-electron chi connectivity index (χ4n) is 1.62. The first-order valence-corrected chi connectivity index (χ1v) is 7.40. The maximum atomic E-state index is 11.8. The van der Waals surface area contributed by atoms with Gasteiger partial charge in [-0.05, 0) is 19.4 Å². The van der Waals surface area contributed by atoms with E-state index in [2.05, 4.69) is 12.2 Å². The number of anilines is 1. The minimum Gasteiger partial charge on any atom is -0.479 e. The molecule has 1 aromatic carbocycles. The second-order valence-corrected chi connectivity index (χ2v) is 5.38. The largest absolute Gasteiger partial charge is 0.479 e. The van der Waals surface area contributed by atoms with Crippen LogP contribution in [0.1, 0.15) is 33.1 Å². The number of rotatable bonds is 7. The van der Waals surface area contributed by atoms with E-state index in [0.717, 1.165) is 19.3 Å². The lowest BCUT2D eigenvalue weighted by molar-refractivity contribution is -0.127. The van der Waals surface area contributed by atoms with Gasteiger partial charge in [0.2, 0.25) is 0 Å². The van der Waals surface area contributed by atoms with Gasteiger partial charge < -0.3 is 15.8 Å². The summed E-state index contributed by atoms with van der Waals surface area (Å²) in [4.78, 5) is 11.8. The zero-order valence-corrected chi connectivity index (χ0v) is 13.2. The SMILES string of the molecule is CCCCCNC(=O)C(C)Oc1cc(Cl)c(Cl)cc1N. The molecule has 0 spiro atoms. The van der Waals surface area contributed by atoms with E-state index in [0.29, 0.717) is 28.0 Å². The minimum absolute atomic E-state index is 0.174. The Bertz CT molecular complexity index is 467. The molecule has 0 fully saturated rings. The van der Waals surface area contributed by atoms with Crippen LogP contribution in [0.5, 0.6) is 5.75 Å². The Balaban J connectivity index is 2.55. The lowest BCUT2D eigenvalue weighted by atomic mass is 10.2. The van der Waals surface area contributed by atoms with Crippen molar-refractivity contribution in [3.05, 3.63) is 22.2 Å². The van der Waals surface area contributed by atoms with Gasteiger partial charge in [0.05, 0.1) is 15.7 Å². The summed E-state index contributed by atoms with van der Waals surface area (Å²) in [7, 11) is 0. The van der Waals surface area contributed by atoms with Gasteiger partial charge in [-0.15, -0.1) is 0 Å². The first-order valence-electron chi connectivity index (χ1n) is 6.64. The maximum Gasteiger partial charge on any atom is 0.260 e. The first-order chi connectivity index (χ1) is 9.45. The summed E-state index contributed by atoms with van der Waals surface area (Å²) in [5.41, 5.74) is 6.13. The van der Waals surface area contributed by atoms with Crippen LogP contribution in [0.4, 0.5) is 5.69 Å². The number of amides is 1. The molecule has 1 atom stereocenters. The number of unbranched alkanes of at least 4 members (excludes halogenated alkanes) is 2. The van der Waals surface area contributed by atoms with Crippen LogP contribution in [0, 0.1) is 0 Å². The highest BCUT2D eigenvalue weighted by Crippen LogP contribution is 2.32. The Labute approximate surface area is 129 Å². The zero-order valence-electron chi connectivity index (χ0n) is 11.7. The molecule has 0 aromatic heterocycles. The van der Waals surface area contributed by atoms with Gasteiger partial charge in [-0.1, -0.05) is 43.0 Å². The number of carbonyl (C=O) groups excluding carboxylic acids is 1. The second-order valence-electron chi connectivity index (χ2n) is 4.56. The molecule has 0 bridgehead atoms. The summed E-state index contributed by atoms with van der Waals surface area (Å²) in [6.07, 6.45) is 2.53. The molecule has 0 radical (unpaired) electrons. The van der Waals surface area contributed by atoms with Crippen LogP contribution in [0.25, 0.3) is 0 Å². The van der Waals surface area contributed by atoms with E-state index in [1.807, 2.05) is 0 Å². The van der Waals surface area contributed by atoms with E-state index in [1.165, 1.54) is 12.1 Å². The summed E-state index contributed by atoms with van der Waals surface area (Å²) in [5, 5.41) is 3.51. The Kier molecular flexibility index (Phi) is 6.96. The van der Waals surface area contributed by atoms with Crippen molar-refractivity contribution in [3.63, 3.8) is 0 Å². The highest BCUT2D eigenvalue weighted by Gasteiger charge is 2.16. The lowest BCUT2D eigenvalue weighted by Gasteiger charge is -2.16. The van der Waals surface area contributed by atoms with Crippen molar-refractivity contribution in [2.75, 3.05) is 12.3 Å². The van der Waals surface area contributed by atoms with Gasteiger partial charge in [0, 0.05) is 12.6 Å². The molecule has 6 heteroatoms. The number of nitrogens with one attached hydrogen (secondary N) is 1. The fourth-order valence-corrected chi connectivity index (χ4v) is 1.95. The molecular weight excluding hydrogens is 299 g/mol. The van der Waals surface area contributed by atoms with Crippen LogP contribution in [0.15, 0.2) is 12.1 Å². The maximum absolute atomic E-state index is 11.8. The van der Waals surface area contributed by atoms with Gasteiger partial charge in [0.15, 0.2) is 6.10 Å². The minimum atomic E-state index is -0.642. The smallest absolute Gasteiger partial charge is 0.260 e. The predicted molar refractivity (Wildman–Crippen MR) is 83.5 cm³/mol. The van der Waals surface area contributed by atoms with E-state index in [9.17, 15) is 4.79 Å². The van der Waals surface area contributed by atoms with Crippen molar-refractivity contribution in [2.24, 2.45) is 0 Å². The van der Waals surface area contributed by atoms with Gasteiger partial charge in [-0.3, -0.25) is 4.79 Å². The standard InChI is InChI=1S/C14H20Cl2N2O2/c1-3-4-5-6-18-14(19)9(2)20-13-8-11(16)10(15)7-12(13)17/h7-9H,3-6,17H2,1-2H3,(H,18,19). The van der Waals surface area contributed by atoms with E-state index in [4.69, 9.17) is 33.7 Å². The van der Waals surface area contributed by atoms with Crippen LogP contribution >= 0.6 is 23.2 Å². The van der Waals surface area contributed by atoms with E-state index < -0.39 is 6.10 Å². The molecule has 20 heavy (non-hydrogen) atoms. The van der Waals surface area contributed by atoms with Gasteiger partial charge in [-0.25, -0.2) is 0 Å². The Morgan fingerprint density at radius 2 is 2.00 bits per heavy atom. The quantitative estimate of drug-likeness (QED) is 0.595. The Morgan fingerprint density at radius 1 is 1.35 bits per heavy atom. The van der Waals surface area contributed by atoms with Crippen molar-refractivity contribution in [1.82, 2.24) is 5.32 Å². The van der Waals surface area contributed by atoms with Crippen molar-refractivity contribution >= 4 is 34.8 Å². The second kappa shape index (κ2) is 8.22. The Hall–Kier alpha value is -1.13.